The minimum Gasteiger partial charge on any atom is -0.372 e. The van der Waals surface area contributed by atoms with Crippen LogP contribution >= 0.6 is 34.4 Å². The van der Waals surface area contributed by atoms with Gasteiger partial charge in [0.05, 0.1) is 9.32 Å². The minimum absolute atomic E-state index is 0.867. The van der Waals surface area contributed by atoms with E-state index in [1.54, 1.807) is 11.8 Å². The van der Waals surface area contributed by atoms with E-state index in [-0.39, 0.29) is 0 Å². The lowest BCUT2D eigenvalue weighted by Crippen LogP contribution is -2.00. The van der Waals surface area contributed by atoms with Crippen LogP contribution in [0.15, 0.2) is 6.20 Å². The van der Waals surface area contributed by atoms with Crippen LogP contribution in [0.5, 0.6) is 0 Å². The van der Waals surface area contributed by atoms with E-state index in [0.29, 0.717) is 0 Å². The van der Waals surface area contributed by atoms with Crippen LogP contribution in [0.1, 0.15) is 5.82 Å². The summed E-state index contributed by atoms with van der Waals surface area (Å²) in [5.41, 5.74) is 0. The number of rotatable bonds is 3. The van der Waals surface area contributed by atoms with Crippen LogP contribution in [0, 0.1) is 3.57 Å². The molecule has 0 fully saturated rings. The van der Waals surface area contributed by atoms with Crippen LogP contribution in [0.25, 0.3) is 0 Å². The second kappa shape index (κ2) is 4.86. The molecule has 12 heavy (non-hydrogen) atoms. The zero-order valence-electron chi connectivity index (χ0n) is 6.97. The molecule has 1 rings (SSSR count). The van der Waals surface area contributed by atoms with Crippen LogP contribution in [-0.2, 0) is 5.75 Å². The predicted octanol–water partition coefficient (Wildman–Crippen LogP) is 1.99. The summed E-state index contributed by atoms with van der Waals surface area (Å²) in [7, 11) is 1.87. The van der Waals surface area contributed by atoms with Crippen molar-refractivity contribution in [1.82, 2.24) is 9.97 Å². The molecule has 0 radical (unpaired) electrons. The second-order valence-corrected chi connectivity index (χ2v) is 4.19. The lowest BCUT2D eigenvalue weighted by molar-refractivity contribution is 1.02. The molecule has 1 aromatic heterocycles. The highest BCUT2D eigenvalue weighted by Crippen LogP contribution is 2.14. The first-order valence-corrected chi connectivity index (χ1v) is 5.93. The van der Waals surface area contributed by atoms with Gasteiger partial charge in [0.15, 0.2) is 0 Å². The predicted molar refractivity (Wildman–Crippen MR) is 61.5 cm³/mol. The molecule has 1 heterocycles. The number of nitrogens with zero attached hydrogens (tertiary/aromatic N) is 2. The SMILES string of the molecule is CNc1nc(CSC)ncc1I. The van der Waals surface area contributed by atoms with Gasteiger partial charge in [0.25, 0.3) is 0 Å². The van der Waals surface area contributed by atoms with Gasteiger partial charge in [-0.15, -0.1) is 0 Å². The van der Waals surface area contributed by atoms with Crippen LogP contribution in [0.3, 0.4) is 0 Å². The van der Waals surface area contributed by atoms with Gasteiger partial charge in [-0.2, -0.15) is 11.8 Å². The van der Waals surface area contributed by atoms with Gasteiger partial charge in [0.1, 0.15) is 11.6 Å². The van der Waals surface area contributed by atoms with Gasteiger partial charge in [-0.25, -0.2) is 9.97 Å². The average Bonchev–Trinajstić information content (AvgIpc) is 2.09. The van der Waals surface area contributed by atoms with E-state index in [1.807, 2.05) is 19.5 Å². The molecule has 0 aliphatic heterocycles. The molecule has 0 atom stereocenters. The van der Waals surface area contributed by atoms with Crippen molar-refractivity contribution >= 4 is 40.2 Å². The molecule has 0 unspecified atom stereocenters. The van der Waals surface area contributed by atoms with Crippen LogP contribution in [-0.4, -0.2) is 23.3 Å². The van der Waals surface area contributed by atoms with Crippen molar-refractivity contribution in [1.29, 1.82) is 0 Å². The molecule has 1 N–H and O–H groups in total. The van der Waals surface area contributed by atoms with Gasteiger partial charge in [-0.3, -0.25) is 0 Å². The van der Waals surface area contributed by atoms with Crippen molar-refractivity contribution in [2.45, 2.75) is 5.75 Å². The Balaban J connectivity index is 2.89. The minimum atomic E-state index is 0.867. The summed E-state index contributed by atoms with van der Waals surface area (Å²) in [6.45, 7) is 0. The van der Waals surface area contributed by atoms with E-state index in [9.17, 15) is 0 Å². The Morgan fingerprint density at radius 3 is 3.00 bits per heavy atom. The summed E-state index contributed by atoms with van der Waals surface area (Å²) in [5.74, 6) is 2.66. The van der Waals surface area contributed by atoms with Gasteiger partial charge >= 0.3 is 0 Å². The Morgan fingerprint density at radius 2 is 2.42 bits per heavy atom. The summed E-state index contributed by atoms with van der Waals surface area (Å²) in [6, 6.07) is 0. The van der Waals surface area contributed by atoms with E-state index in [1.165, 1.54) is 0 Å². The van der Waals surface area contributed by atoms with Gasteiger partial charge in [0.2, 0.25) is 0 Å². The molecule has 0 amide bonds. The zero-order chi connectivity index (χ0) is 8.97. The molecule has 0 aromatic carbocycles. The molecule has 1 aromatic rings. The Morgan fingerprint density at radius 1 is 1.67 bits per heavy atom. The van der Waals surface area contributed by atoms with Gasteiger partial charge in [0, 0.05) is 13.2 Å². The van der Waals surface area contributed by atoms with Crippen LogP contribution in [0.4, 0.5) is 5.82 Å². The number of anilines is 1. The van der Waals surface area contributed by atoms with E-state index < -0.39 is 0 Å². The van der Waals surface area contributed by atoms with Crippen LogP contribution in [0.2, 0.25) is 0 Å². The largest absolute Gasteiger partial charge is 0.372 e. The normalized spacial score (nSPS) is 9.92. The third-order valence-corrected chi connectivity index (χ3v) is 2.64. The van der Waals surface area contributed by atoms with Crippen molar-refractivity contribution in [3.8, 4) is 0 Å². The van der Waals surface area contributed by atoms with E-state index in [4.69, 9.17) is 0 Å². The van der Waals surface area contributed by atoms with Crippen molar-refractivity contribution in [2.75, 3.05) is 18.6 Å². The summed E-state index contributed by atoms with van der Waals surface area (Å²) in [4.78, 5) is 8.53. The van der Waals surface area contributed by atoms with Crippen molar-refractivity contribution in [3.63, 3.8) is 0 Å². The third-order valence-electron chi connectivity index (χ3n) is 1.30. The molecule has 3 nitrogen and oxygen atoms in total. The Labute approximate surface area is 89.9 Å². The molecule has 0 spiro atoms. The van der Waals surface area contributed by atoms with Crippen molar-refractivity contribution < 1.29 is 0 Å². The monoisotopic (exact) mass is 295 g/mol. The fraction of sp³-hybridized carbons (Fsp3) is 0.429. The van der Waals surface area contributed by atoms with E-state index >= 15 is 0 Å². The molecule has 66 valence electrons. The number of thioether (sulfide) groups is 1. The van der Waals surface area contributed by atoms with Gasteiger partial charge < -0.3 is 5.32 Å². The highest BCUT2D eigenvalue weighted by molar-refractivity contribution is 14.1. The first-order valence-electron chi connectivity index (χ1n) is 3.46. The second-order valence-electron chi connectivity index (χ2n) is 2.17. The molecule has 0 bridgehead atoms. The zero-order valence-corrected chi connectivity index (χ0v) is 9.94. The highest BCUT2D eigenvalue weighted by atomic mass is 127. The number of aromatic nitrogens is 2. The van der Waals surface area contributed by atoms with E-state index in [2.05, 4.69) is 37.9 Å². The quantitative estimate of drug-likeness (QED) is 0.865. The number of hydrogen-bond acceptors (Lipinski definition) is 4. The van der Waals surface area contributed by atoms with Gasteiger partial charge in [-0.05, 0) is 28.8 Å². The Kier molecular flexibility index (Phi) is 4.07. The number of halogens is 1. The molecule has 0 aliphatic carbocycles. The Bertz CT molecular complexity index is 267. The fourth-order valence-corrected chi connectivity index (χ4v) is 1.70. The van der Waals surface area contributed by atoms with E-state index in [0.717, 1.165) is 21.0 Å². The fourth-order valence-electron chi connectivity index (χ4n) is 0.778. The molecule has 0 saturated heterocycles. The maximum Gasteiger partial charge on any atom is 0.142 e. The standard InChI is InChI=1S/C7H10IN3S/c1-9-7-5(8)3-10-6(11-7)4-12-2/h3H,4H2,1-2H3,(H,9,10,11). The summed E-state index contributed by atoms with van der Waals surface area (Å²) in [5, 5.41) is 3.03. The Hall–Kier alpha value is -0.0400. The third kappa shape index (κ3) is 2.48. The number of hydrogen-bond donors (Lipinski definition) is 1. The first kappa shape index (κ1) is 10.0. The van der Waals surface area contributed by atoms with Crippen LogP contribution < -0.4 is 5.32 Å². The first-order chi connectivity index (χ1) is 5.77. The maximum atomic E-state index is 4.33. The highest BCUT2D eigenvalue weighted by Gasteiger charge is 2.01. The summed E-state index contributed by atoms with van der Waals surface area (Å²) >= 11 is 3.94. The molecule has 5 heteroatoms. The van der Waals surface area contributed by atoms with Crippen molar-refractivity contribution in [3.05, 3.63) is 15.6 Å². The molecule has 0 saturated carbocycles. The molecular weight excluding hydrogens is 285 g/mol. The van der Waals surface area contributed by atoms with Crippen molar-refractivity contribution in [2.24, 2.45) is 0 Å². The number of nitrogens with one attached hydrogen (secondary N) is 1. The molecule has 0 aliphatic rings. The lowest BCUT2D eigenvalue weighted by atomic mass is 10.5. The lowest BCUT2D eigenvalue weighted by Gasteiger charge is -2.03. The maximum absolute atomic E-state index is 4.33. The molecular formula is C7H10IN3S. The smallest absolute Gasteiger partial charge is 0.142 e. The average molecular weight is 295 g/mol. The topological polar surface area (TPSA) is 37.8 Å². The van der Waals surface area contributed by atoms with Gasteiger partial charge in [-0.1, -0.05) is 0 Å². The summed E-state index contributed by atoms with van der Waals surface area (Å²) in [6.07, 6.45) is 3.88. The summed E-state index contributed by atoms with van der Waals surface area (Å²) < 4.78 is 1.06.